The molecule has 22 heavy (non-hydrogen) atoms. The molecule has 0 aliphatic carbocycles. The van der Waals surface area contributed by atoms with E-state index in [2.05, 4.69) is 9.73 Å². The Balaban J connectivity index is 3.13. The molecule has 0 fully saturated rings. The van der Waals surface area contributed by atoms with Crippen molar-refractivity contribution >= 4 is 34.2 Å². The summed E-state index contributed by atoms with van der Waals surface area (Å²) >= 11 is 0.733. The van der Waals surface area contributed by atoms with Crippen molar-refractivity contribution in [3.63, 3.8) is 0 Å². The minimum Gasteiger partial charge on any atom is -0.462 e. The van der Waals surface area contributed by atoms with Crippen LogP contribution in [0.4, 0.5) is 23.0 Å². The molecule has 0 spiro atoms. The summed E-state index contributed by atoms with van der Waals surface area (Å²) in [6, 6.07) is 1.29. The number of rotatable bonds is 3. The highest BCUT2D eigenvalue weighted by Gasteiger charge is 2.38. The number of aryl methyl sites for hydroxylation is 1. The smallest absolute Gasteiger partial charge is 0.449 e. The lowest BCUT2D eigenvalue weighted by molar-refractivity contribution is -0.0615. The second-order valence-corrected chi connectivity index (χ2v) is 4.92. The zero-order chi connectivity index (χ0) is 16.9. The number of methoxy groups -OCH3 is 1. The van der Waals surface area contributed by atoms with E-state index in [0.29, 0.717) is 5.56 Å². The standard InChI is InChI=1S/C12H13F3N2O4S/c1-4-21-9(18)8-6(2)5-7(22-8)16-10(12(13,14)15)17-11(19)20-3/h5H,4H2,1-3H3,(H,16,17,19). The van der Waals surface area contributed by atoms with Gasteiger partial charge in [-0.3, -0.25) is 5.32 Å². The highest BCUT2D eigenvalue weighted by Crippen LogP contribution is 2.31. The van der Waals surface area contributed by atoms with Crippen molar-refractivity contribution < 1.29 is 32.2 Å². The fourth-order valence-corrected chi connectivity index (χ4v) is 2.28. The van der Waals surface area contributed by atoms with Crippen LogP contribution in [0, 0.1) is 6.92 Å². The first-order valence-corrected chi connectivity index (χ1v) is 6.79. The molecule has 1 N–H and O–H groups in total. The number of alkyl halides is 3. The number of aliphatic imine (C=N–C) groups is 1. The van der Waals surface area contributed by atoms with Crippen LogP contribution >= 0.6 is 11.3 Å². The van der Waals surface area contributed by atoms with Crippen molar-refractivity contribution in [1.82, 2.24) is 5.32 Å². The van der Waals surface area contributed by atoms with Gasteiger partial charge in [0.1, 0.15) is 9.88 Å². The minimum atomic E-state index is -4.88. The van der Waals surface area contributed by atoms with Gasteiger partial charge in [0.25, 0.3) is 0 Å². The Hall–Kier alpha value is -2.10. The number of amidine groups is 1. The van der Waals surface area contributed by atoms with Crippen LogP contribution in [-0.2, 0) is 9.47 Å². The summed E-state index contributed by atoms with van der Waals surface area (Å²) in [5.41, 5.74) is 0.432. The second-order valence-electron chi connectivity index (χ2n) is 3.89. The summed E-state index contributed by atoms with van der Waals surface area (Å²) in [5.74, 6) is -2.17. The van der Waals surface area contributed by atoms with Crippen molar-refractivity contribution in [2.24, 2.45) is 4.99 Å². The van der Waals surface area contributed by atoms with Crippen molar-refractivity contribution in [1.29, 1.82) is 0 Å². The van der Waals surface area contributed by atoms with E-state index in [9.17, 15) is 22.8 Å². The molecule has 0 bridgehead atoms. The van der Waals surface area contributed by atoms with E-state index in [1.54, 1.807) is 13.8 Å². The van der Waals surface area contributed by atoms with Gasteiger partial charge in [0, 0.05) is 0 Å². The van der Waals surface area contributed by atoms with Gasteiger partial charge in [-0.15, -0.1) is 11.3 Å². The van der Waals surface area contributed by atoms with E-state index in [0.717, 1.165) is 18.4 Å². The summed E-state index contributed by atoms with van der Waals surface area (Å²) in [5, 5.41) is 1.40. The third-order valence-electron chi connectivity index (χ3n) is 2.26. The molecule has 0 saturated heterocycles. The molecule has 0 aromatic carbocycles. The van der Waals surface area contributed by atoms with Crippen LogP contribution in [0.1, 0.15) is 22.2 Å². The van der Waals surface area contributed by atoms with E-state index in [1.807, 2.05) is 0 Å². The van der Waals surface area contributed by atoms with Gasteiger partial charge in [-0.2, -0.15) is 13.2 Å². The molecule has 1 aromatic heterocycles. The van der Waals surface area contributed by atoms with Gasteiger partial charge in [0.15, 0.2) is 0 Å². The Kier molecular flexibility index (Phi) is 5.92. The number of alkyl carbamates (subject to hydrolysis) is 1. The summed E-state index contributed by atoms with van der Waals surface area (Å²) < 4.78 is 47.3. The van der Waals surface area contributed by atoms with Crippen molar-refractivity contribution in [2.75, 3.05) is 13.7 Å². The maximum Gasteiger partial charge on any atom is 0.449 e. The lowest BCUT2D eigenvalue weighted by Crippen LogP contribution is -2.40. The molecule has 0 saturated carbocycles. The Morgan fingerprint density at radius 2 is 2.05 bits per heavy atom. The van der Waals surface area contributed by atoms with Gasteiger partial charge in [0.2, 0.25) is 5.84 Å². The molecule has 0 radical (unpaired) electrons. The zero-order valence-corrected chi connectivity index (χ0v) is 12.7. The highest BCUT2D eigenvalue weighted by molar-refractivity contribution is 7.17. The summed E-state index contributed by atoms with van der Waals surface area (Å²) in [6.07, 6.45) is -6.18. The number of thiophene rings is 1. The third kappa shape index (κ3) is 4.72. The van der Waals surface area contributed by atoms with Gasteiger partial charge >= 0.3 is 18.2 Å². The predicted molar refractivity (Wildman–Crippen MR) is 73.7 cm³/mol. The maximum absolute atomic E-state index is 12.8. The average Bonchev–Trinajstić information content (AvgIpc) is 2.78. The Morgan fingerprint density at radius 3 is 2.55 bits per heavy atom. The lowest BCUT2D eigenvalue weighted by atomic mass is 10.3. The number of halogens is 3. The number of hydrogen-bond acceptors (Lipinski definition) is 6. The topological polar surface area (TPSA) is 77.0 Å². The molecule has 1 heterocycles. The van der Waals surface area contributed by atoms with E-state index in [4.69, 9.17) is 4.74 Å². The molecule has 0 atom stereocenters. The van der Waals surface area contributed by atoms with Crippen molar-refractivity contribution in [2.45, 2.75) is 20.0 Å². The quantitative estimate of drug-likeness (QED) is 0.522. The highest BCUT2D eigenvalue weighted by atomic mass is 32.1. The second kappa shape index (κ2) is 7.25. The molecular formula is C12H13F3N2O4S. The van der Waals surface area contributed by atoms with Crippen LogP contribution in [0.25, 0.3) is 0 Å². The van der Waals surface area contributed by atoms with Gasteiger partial charge in [-0.05, 0) is 25.5 Å². The van der Waals surface area contributed by atoms with Gasteiger partial charge in [-0.25, -0.2) is 14.6 Å². The van der Waals surface area contributed by atoms with Crippen LogP contribution in [-0.4, -0.2) is 37.8 Å². The van der Waals surface area contributed by atoms with Crippen LogP contribution in [0.2, 0.25) is 0 Å². The van der Waals surface area contributed by atoms with Crippen LogP contribution in [0.5, 0.6) is 0 Å². The van der Waals surface area contributed by atoms with Crippen LogP contribution in [0.15, 0.2) is 11.1 Å². The first-order valence-electron chi connectivity index (χ1n) is 5.97. The van der Waals surface area contributed by atoms with E-state index in [-0.39, 0.29) is 16.5 Å². The molecule has 1 aromatic rings. The largest absolute Gasteiger partial charge is 0.462 e. The van der Waals surface area contributed by atoms with E-state index >= 15 is 0 Å². The molecule has 0 aliphatic heterocycles. The third-order valence-corrected chi connectivity index (χ3v) is 3.37. The van der Waals surface area contributed by atoms with Crippen LogP contribution < -0.4 is 5.32 Å². The molecular weight excluding hydrogens is 325 g/mol. The Bertz CT molecular complexity index is 596. The summed E-state index contributed by atoms with van der Waals surface area (Å²) in [4.78, 5) is 26.0. The fraction of sp³-hybridized carbons (Fsp3) is 0.417. The Morgan fingerprint density at radius 1 is 1.41 bits per heavy atom. The van der Waals surface area contributed by atoms with Gasteiger partial charge in [-0.1, -0.05) is 0 Å². The lowest BCUT2D eigenvalue weighted by Gasteiger charge is -2.10. The monoisotopic (exact) mass is 338 g/mol. The van der Waals surface area contributed by atoms with Crippen LogP contribution in [0.3, 0.4) is 0 Å². The maximum atomic E-state index is 12.8. The number of nitrogens with zero attached hydrogens (tertiary/aromatic N) is 1. The summed E-state index contributed by atoms with van der Waals surface area (Å²) in [6.45, 7) is 3.30. The number of hydrogen-bond donors (Lipinski definition) is 1. The summed E-state index contributed by atoms with van der Waals surface area (Å²) in [7, 11) is 0.928. The minimum absolute atomic E-state index is 0.0933. The molecule has 6 nitrogen and oxygen atoms in total. The molecule has 122 valence electrons. The van der Waals surface area contributed by atoms with Gasteiger partial charge in [0.05, 0.1) is 13.7 Å². The number of nitrogens with one attached hydrogen (secondary N) is 1. The molecule has 1 rings (SSSR count). The SMILES string of the molecule is CCOC(=O)c1sc(/N=C(\NC(=O)OC)C(F)(F)F)cc1C. The molecule has 0 unspecified atom stereocenters. The van der Waals surface area contributed by atoms with Crippen molar-refractivity contribution in [3.8, 4) is 0 Å². The number of esters is 1. The fourth-order valence-electron chi connectivity index (χ4n) is 1.34. The molecule has 1 amide bonds. The number of ether oxygens (including phenoxy) is 2. The van der Waals surface area contributed by atoms with Crippen molar-refractivity contribution in [3.05, 3.63) is 16.5 Å². The van der Waals surface area contributed by atoms with E-state index < -0.39 is 24.1 Å². The first-order chi connectivity index (χ1) is 10.2. The first kappa shape index (κ1) is 18.0. The van der Waals surface area contributed by atoms with E-state index in [1.165, 1.54) is 11.4 Å². The molecule has 10 heteroatoms. The predicted octanol–water partition coefficient (Wildman–Crippen LogP) is 3.18. The number of carbonyl (C=O) groups excluding carboxylic acids is 2. The number of amides is 1. The number of carbonyl (C=O) groups is 2. The van der Waals surface area contributed by atoms with Gasteiger partial charge < -0.3 is 9.47 Å². The average molecular weight is 338 g/mol. The molecule has 0 aliphatic rings. The normalized spacial score (nSPS) is 12.0. The zero-order valence-electron chi connectivity index (χ0n) is 11.9. The Labute approximate surface area is 127 Å².